The standard InChI is InChI=1S/C17H16N6O2S/c1-21-14-13(16(24)22(2)17(21)25)23(10-20-14)7-8-26-15-11-5-3-4-6-12(11)18-9-19-15/h3-6,9-10H,7-8H2,1-2H3. The largest absolute Gasteiger partial charge is 0.332 e. The van der Waals surface area contributed by atoms with Crippen LogP contribution in [0.25, 0.3) is 22.1 Å². The van der Waals surface area contributed by atoms with Gasteiger partial charge < -0.3 is 4.57 Å². The van der Waals surface area contributed by atoms with Crippen LogP contribution in [0.15, 0.2) is 51.5 Å². The Hall–Kier alpha value is -2.94. The van der Waals surface area contributed by atoms with Crippen molar-refractivity contribution in [1.82, 2.24) is 28.7 Å². The Kier molecular flexibility index (Phi) is 4.08. The highest BCUT2D eigenvalue weighted by Crippen LogP contribution is 2.24. The van der Waals surface area contributed by atoms with Gasteiger partial charge in [0.05, 0.1) is 11.8 Å². The second kappa shape index (κ2) is 6.41. The van der Waals surface area contributed by atoms with Gasteiger partial charge in [-0.05, 0) is 6.07 Å². The van der Waals surface area contributed by atoms with Crippen molar-refractivity contribution in [3.8, 4) is 0 Å². The van der Waals surface area contributed by atoms with Crippen molar-refractivity contribution < 1.29 is 0 Å². The van der Waals surface area contributed by atoms with Crippen LogP contribution in [-0.4, -0.2) is 34.4 Å². The van der Waals surface area contributed by atoms with E-state index in [4.69, 9.17) is 0 Å². The van der Waals surface area contributed by atoms with Gasteiger partial charge in [-0.2, -0.15) is 0 Å². The van der Waals surface area contributed by atoms with Gasteiger partial charge in [0, 0.05) is 31.8 Å². The Labute approximate surface area is 152 Å². The lowest BCUT2D eigenvalue weighted by atomic mass is 10.2. The Balaban J connectivity index is 1.63. The first kappa shape index (κ1) is 16.5. The maximum atomic E-state index is 12.5. The van der Waals surface area contributed by atoms with Crippen molar-refractivity contribution in [3.63, 3.8) is 0 Å². The zero-order chi connectivity index (χ0) is 18.3. The monoisotopic (exact) mass is 368 g/mol. The summed E-state index contributed by atoms with van der Waals surface area (Å²) in [5, 5.41) is 1.91. The lowest BCUT2D eigenvalue weighted by molar-refractivity contribution is 0.700. The fourth-order valence-electron chi connectivity index (χ4n) is 2.90. The smallest absolute Gasteiger partial charge is 0.324 e. The fraction of sp³-hybridized carbons (Fsp3) is 0.235. The molecule has 0 aliphatic rings. The van der Waals surface area contributed by atoms with E-state index in [2.05, 4.69) is 15.0 Å². The van der Waals surface area contributed by atoms with E-state index >= 15 is 0 Å². The van der Waals surface area contributed by atoms with Crippen LogP contribution in [0.4, 0.5) is 0 Å². The highest BCUT2D eigenvalue weighted by molar-refractivity contribution is 7.99. The van der Waals surface area contributed by atoms with Crippen LogP contribution in [-0.2, 0) is 20.6 Å². The second-order valence-electron chi connectivity index (χ2n) is 5.86. The van der Waals surface area contributed by atoms with Crippen LogP contribution in [0.5, 0.6) is 0 Å². The molecule has 0 unspecified atom stereocenters. The first-order valence-corrected chi connectivity index (χ1v) is 9.00. The number of imidazole rings is 1. The molecule has 0 N–H and O–H groups in total. The molecule has 132 valence electrons. The van der Waals surface area contributed by atoms with E-state index in [1.807, 2.05) is 24.3 Å². The fourth-order valence-corrected chi connectivity index (χ4v) is 3.83. The van der Waals surface area contributed by atoms with Gasteiger partial charge >= 0.3 is 5.69 Å². The number of hydrogen-bond acceptors (Lipinski definition) is 6. The Bertz CT molecular complexity index is 1230. The average Bonchev–Trinajstić information content (AvgIpc) is 3.09. The van der Waals surface area contributed by atoms with Crippen molar-refractivity contribution in [2.45, 2.75) is 11.6 Å². The van der Waals surface area contributed by atoms with E-state index < -0.39 is 0 Å². The predicted octanol–water partition coefficient (Wildman–Crippen LogP) is 1.17. The van der Waals surface area contributed by atoms with Crippen molar-refractivity contribution in [2.75, 3.05) is 5.75 Å². The number of fused-ring (bicyclic) bond motifs is 2. The molecule has 0 aliphatic carbocycles. The summed E-state index contributed by atoms with van der Waals surface area (Å²) in [6, 6.07) is 7.86. The van der Waals surface area contributed by atoms with Gasteiger partial charge in [0.15, 0.2) is 11.2 Å². The minimum atomic E-state index is -0.380. The summed E-state index contributed by atoms with van der Waals surface area (Å²) in [4.78, 5) is 37.3. The van der Waals surface area contributed by atoms with Crippen molar-refractivity contribution in [2.24, 2.45) is 14.1 Å². The number of para-hydroxylation sites is 1. The van der Waals surface area contributed by atoms with Gasteiger partial charge in [0.1, 0.15) is 11.4 Å². The molecule has 8 nitrogen and oxygen atoms in total. The third kappa shape index (κ3) is 2.60. The minimum Gasteiger partial charge on any atom is -0.324 e. The quantitative estimate of drug-likeness (QED) is 0.397. The van der Waals surface area contributed by atoms with Crippen LogP contribution in [0.1, 0.15) is 0 Å². The first-order chi connectivity index (χ1) is 12.6. The van der Waals surface area contributed by atoms with E-state index in [1.165, 1.54) is 11.6 Å². The number of aromatic nitrogens is 6. The van der Waals surface area contributed by atoms with Crippen LogP contribution in [0, 0.1) is 0 Å². The van der Waals surface area contributed by atoms with Gasteiger partial charge in [-0.3, -0.25) is 13.9 Å². The maximum Gasteiger partial charge on any atom is 0.332 e. The van der Waals surface area contributed by atoms with Crippen molar-refractivity contribution in [1.29, 1.82) is 0 Å². The summed E-state index contributed by atoms with van der Waals surface area (Å²) in [5.41, 5.74) is 1.02. The summed E-state index contributed by atoms with van der Waals surface area (Å²) in [6.45, 7) is 0.576. The number of rotatable bonds is 4. The number of aryl methyl sites for hydroxylation is 2. The van der Waals surface area contributed by atoms with Crippen LogP contribution >= 0.6 is 11.8 Å². The molecule has 0 spiro atoms. The molecule has 0 aliphatic heterocycles. The lowest BCUT2D eigenvalue weighted by Gasteiger charge is -2.07. The van der Waals surface area contributed by atoms with E-state index in [1.54, 1.807) is 36.0 Å². The molecule has 0 saturated heterocycles. The van der Waals surface area contributed by atoms with Crippen molar-refractivity contribution in [3.05, 3.63) is 57.8 Å². The summed E-state index contributed by atoms with van der Waals surface area (Å²) in [6.07, 6.45) is 3.16. The molecule has 26 heavy (non-hydrogen) atoms. The van der Waals surface area contributed by atoms with Crippen molar-refractivity contribution >= 4 is 33.8 Å². The molecule has 4 aromatic rings. The van der Waals surface area contributed by atoms with Crippen LogP contribution < -0.4 is 11.2 Å². The van der Waals surface area contributed by atoms with Gasteiger partial charge in [-0.15, -0.1) is 11.8 Å². The molecular formula is C17H16N6O2S. The summed E-state index contributed by atoms with van der Waals surface area (Å²) >= 11 is 1.60. The topological polar surface area (TPSA) is 87.6 Å². The highest BCUT2D eigenvalue weighted by Gasteiger charge is 2.14. The molecule has 9 heteroatoms. The maximum absolute atomic E-state index is 12.5. The molecule has 3 aromatic heterocycles. The van der Waals surface area contributed by atoms with Crippen LogP contribution in [0.3, 0.4) is 0 Å². The molecule has 1 aromatic carbocycles. The molecule has 0 saturated carbocycles. The van der Waals surface area contributed by atoms with Gasteiger partial charge in [0.2, 0.25) is 0 Å². The molecule has 0 radical (unpaired) electrons. The van der Waals surface area contributed by atoms with Gasteiger partial charge in [-0.1, -0.05) is 18.2 Å². The van der Waals surface area contributed by atoms with E-state index in [-0.39, 0.29) is 11.2 Å². The first-order valence-electron chi connectivity index (χ1n) is 8.01. The number of hydrogen-bond donors (Lipinski definition) is 0. The normalized spacial score (nSPS) is 11.5. The Morgan fingerprint density at radius 1 is 1.04 bits per heavy atom. The van der Waals surface area contributed by atoms with E-state index in [0.717, 1.165) is 20.5 Å². The van der Waals surface area contributed by atoms with E-state index in [0.29, 0.717) is 23.5 Å². The zero-order valence-electron chi connectivity index (χ0n) is 14.3. The SMILES string of the molecule is Cn1c(=O)c2c(ncn2CCSc2ncnc3ccccc23)n(C)c1=O. The number of thioether (sulfide) groups is 1. The summed E-state index contributed by atoms with van der Waals surface area (Å²) in [5.74, 6) is 0.707. The van der Waals surface area contributed by atoms with Crippen LogP contribution in [0.2, 0.25) is 0 Å². The summed E-state index contributed by atoms with van der Waals surface area (Å²) in [7, 11) is 3.09. The molecule has 0 fully saturated rings. The summed E-state index contributed by atoms with van der Waals surface area (Å²) < 4.78 is 4.28. The molecule has 3 heterocycles. The third-order valence-electron chi connectivity index (χ3n) is 4.29. The molecular weight excluding hydrogens is 352 g/mol. The number of benzene rings is 1. The van der Waals surface area contributed by atoms with Gasteiger partial charge in [-0.25, -0.2) is 19.7 Å². The lowest BCUT2D eigenvalue weighted by Crippen LogP contribution is -2.37. The predicted molar refractivity (Wildman–Crippen MR) is 100 cm³/mol. The molecule has 0 atom stereocenters. The number of nitrogens with zero attached hydrogens (tertiary/aromatic N) is 6. The Morgan fingerprint density at radius 2 is 1.85 bits per heavy atom. The second-order valence-corrected chi connectivity index (χ2v) is 6.94. The Morgan fingerprint density at radius 3 is 2.69 bits per heavy atom. The molecule has 0 amide bonds. The van der Waals surface area contributed by atoms with Gasteiger partial charge in [0.25, 0.3) is 5.56 Å². The third-order valence-corrected chi connectivity index (χ3v) is 5.28. The molecule has 0 bridgehead atoms. The zero-order valence-corrected chi connectivity index (χ0v) is 15.1. The molecule has 4 rings (SSSR count). The van der Waals surface area contributed by atoms with E-state index in [9.17, 15) is 9.59 Å². The minimum absolute atomic E-state index is 0.335. The highest BCUT2D eigenvalue weighted by atomic mass is 32.2. The average molecular weight is 368 g/mol.